The predicted molar refractivity (Wildman–Crippen MR) is 80.8 cm³/mol. The summed E-state index contributed by atoms with van der Waals surface area (Å²) in [4.78, 5) is 25.5. The Hall–Kier alpha value is -1.92. The molecule has 0 spiro atoms. The lowest BCUT2D eigenvalue weighted by atomic mass is 10.1. The summed E-state index contributed by atoms with van der Waals surface area (Å²) in [5, 5.41) is 2.44. The molecule has 0 aliphatic carbocycles. The number of hydrogen-bond donors (Lipinski definition) is 1. The molecular weight excluding hydrogens is 315 g/mol. The largest absolute Gasteiger partial charge is 0.367 e. The molecular formula is C14H10ClFN2O2S. The van der Waals surface area contributed by atoms with Gasteiger partial charge in [0.2, 0.25) is 0 Å². The summed E-state index contributed by atoms with van der Waals surface area (Å²) in [5.74, 6) is -1.97. The summed E-state index contributed by atoms with van der Waals surface area (Å²) in [5.41, 5.74) is 0.736. The standard InChI is InChI=1S/C14H10ClFN2O2S/c1-18(6-7-2-3-12(15)21-7)11-5-10-8(4-9(11)16)13(19)14(20)17-10/h2-5H,6H2,1H3,(H,17,19,20). The van der Waals surface area contributed by atoms with Crippen LogP contribution >= 0.6 is 22.9 Å². The first-order valence-corrected chi connectivity index (χ1v) is 7.29. The number of rotatable bonds is 3. The summed E-state index contributed by atoms with van der Waals surface area (Å²) in [6.45, 7) is 0.481. The van der Waals surface area contributed by atoms with E-state index in [0.29, 0.717) is 22.3 Å². The molecule has 1 aliphatic rings. The Balaban J connectivity index is 1.91. The van der Waals surface area contributed by atoms with Gasteiger partial charge in [-0.1, -0.05) is 11.6 Å². The normalized spacial score (nSPS) is 13.3. The third kappa shape index (κ3) is 2.52. The lowest BCUT2D eigenvalue weighted by molar-refractivity contribution is -0.112. The van der Waals surface area contributed by atoms with Crippen LogP contribution < -0.4 is 10.2 Å². The van der Waals surface area contributed by atoms with Crippen molar-refractivity contribution in [2.75, 3.05) is 17.3 Å². The number of halogens is 2. The minimum absolute atomic E-state index is 0.0776. The number of ketones is 1. The van der Waals surface area contributed by atoms with E-state index in [2.05, 4.69) is 5.32 Å². The van der Waals surface area contributed by atoms with E-state index in [4.69, 9.17) is 11.6 Å². The average molecular weight is 325 g/mol. The van der Waals surface area contributed by atoms with Crippen LogP contribution in [-0.2, 0) is 11.3 Å². The highest BCUT2D eigenvalue weighted by atomic mass is 35.5. The van der Waals surface area contributed by atoms with E-state index in [0.717, 1.165) is 10.9 Å². The highest BCUT2D eigenvalue weighted by Gasteiger charge is 2.30. The molecule has 1 N–H and O–H groups in total. The Labute approximate surface area is 129 Å². The Morgan fingerprint density at radius 1 is 1.33 bits per heavy atom. The van der Waals surface area contributed by atoms with Crippen LogP contribution in [0.2, 0.25) is 4.34 Å². The molecule has 1 aliphatic heterocycles. The molecule has 0 fully saturated rings. The zero-order chi connectivity index (χ0) is 15.1. The smallest absolute Gasteiger partial charge is 0.296 e. The van der Waals surface area contributed by atoms with Crippen LogP contribution in [0.5, 0.6) is 0 Å². The quantitative estimate of drug-likeness (QED) is 0.881. The number of hydrogen-bond acceptors (Lipinski definition) is 4. The SMILES string of the molecule is CN(Cc1ccc(Cl)s1)c1cc2c(cc1F)C(=O)C(=O)N2. The van der Waals surface area contributed by atoms with Gasteiger partial charge in [-0.15, -0.1) is 11.3 Å². The van der Waals surface area contributed by atoms with Gasteiger partial charge in [0.05, 0.1) is 27.8 Å². The fourth-order valence-electron chi connectivity index (χ4n) is 2.20. The number of carbonyl (C=O) groups excluding carboxylic acids is 2. The predicted octanol–water partition coefficient (Wildman–Crippen LogP) is 3.31. The number of carbonyl (C=O) groups is 2. The van der Waals surface area contributed by atoms with Crippen molar-refractivity contribution in [1.82, 2.24) is 0 Å². The number of Topliss-reactive ketones (excluding diaryl/α,β-unsaturated/α-hetero) is 1. The maximum absolute atomic E-state index is 14.1. The summed E-state index contributed by atoms with van der Waals surface area (Å²) in [6.07, 6.45) is 0. The second-order valence-corrected chi connectivity index (χ2v) is 6.49. The van der Waals surface area contributed by atoms with Crippen molar-refractivity contribution in [1.29, 1.82) is 0 Å². The number of fused-ring (bicyclic) bond motifs is 1. The van der Waals surface area contributed by atoms with Crippen LogP contribution in [0.25, 0.3) is 0 Å². The number of anilines is 2. The zero-order valence-electron chi connectivity index (χ0n) is 10.9. The molecule has 21 heavy (non-hydrogen) atoms. The van der Waals surface area contributed by atoms with Crippen molar-refractivity contribution >= 4 is 46.0 Å². The molecule has 0 radical (unpaired) electrons. The van der Waals surface area contributed by atoms with Crippen LogP contribution in [0.1, 0.15) is 15.2 Å². The summed E-state index contributed by atoms with van der Waals surface area (Å²) < 4.78 is 14.8. The van der Waals surface area contributed by atoms with Crippen molar-refractivity contribution in [2.45, 2.75) is 6.54 Å². The number of benzene rings is 1. The first kappa shape index (κ1) is 14.0. The Kier molecular flexibility index (Phi) is 3.43. The number of nitrogens with one attached hydrogen (secondary N) is 1. The van der Waals surface area contributed by atoms with Gasteiger partial charge in [-0.2, -0.15) is 0 Å². The molecule has 2 aromatic rings. The second kappa shape index (κ2) is 5.13. The van der Waals surface area contributed by atoms with E-state index < -0.39 is 17.5 Å². The maximum atomic E-state index is 14.1. The molecule has 1 amide bonds. The molecule has 2 heterocycles. The first-order valence-electron chi connectivity index (χ1n) is 6.10. The van der Waals surface area contributed by atoms with Crippen molar-refractivity contribution in [2.24, 2.45) is 0 Å². The van der Waals surface area contributed by atoms with Gasteiger partial charge in [0.15, 0.2) is 0 Å². The van der Waals surface area contributed by atoms with Crippen LogP contribution in [0, 0.1) is 5.82 Å². The van der Waals surface area contributed by atoms with E-state index in [-0.39, 0.29) is 5.56 Å². The Morgan fingerprint density at radius 3 is 2.76 bits per heavy atom. The maximum Gasteiger partial charge on any atom is 0.296 e. The molecule has 1 aromatic carbocycles. The van der Waals surface area contributed by atoms with Crippen molar-refractivity contribution in [3.05, 3.63) is 44.9 Å². The fourth-order valence-corrected chi connectivity index (χ4v) is 3.34. The topological polar surface area (TPSA) is 49.4 Å². The van der Waals surface area contributed by atoms with E-state index in [9.17, 15) is 14.0 Å². The van der Waals surface area contributed by atoms with E-state index in [1.807, 2.05) is 6.07 Å². The lowest BCUT2D eigenvalue weighted by Crippen LogP contribution is -2.17. The highest BCUT2D eigenvalue weighted by Crippen LogP contribution is 2.32. The fraction of sp³-hybridized carbons (Fsp3) is 0.143. The van der Waals surface area contributed by atoms with E-state index in [1.165, 1.54) is 17.4 Å². The van der Waals surface area contributed by atoms with E-state index >= 15 is 0 Å². The Morgan fingerprint density at radius 2 is 2.10 bits per heavy atom. The second-order valence-electron chi connectivity index (χ2n) is 4.69. The molecule has 3 rings (SSSR count). The minimum atomic E-state index is -0.728. The molecule has 0 atom stereocenters. The number of thiophene rings is 1. The zero-order valence-corrected chi connectivity index (χ0v) is 12.5. The van der Waals surface area contributed by atoms with Gasteiger partial charge >= 0.3 is 0 Å². The number of nitrogens with zero attached hydrogens (tertiary/aromatic N) is 1. The molecule has 4 nitrogen and oxygen atoms in total. The minimum Gasteiger partial charge on any atom is -0.367 e. The molecule has 108 valence electrons. The van der Waals surface area contributed by atoms with Gasteiger partial charge < -0.3 is 10.2 Å². The summed E-state index contributed by atoms with van der Waals surface area (Å²) in [7, 11) is 1.73. The van der Waals surface area contributed by atoms with Crippen LogP contribution in [-0.4, -0.2) is 18.7 Å². The van der Waals surface area contributed by atoms with Gasteiger partial charge in [-0.3, -0.25) is 9.59 Å². The van der Waals surface area contributed by atoms with Crippen molar-refractivity contribution < 1.29 is 14.0 Å². The van der Waals surface area contributed by atoms with Crippen LogP contribution in [0.15, 0.2) is 24.3 Å². The first-order chi connectivity index (χ1) is 9.95. The molecule has 0 bridgehead atoms. The average Bonchev–Trinajstić information content (AvgIpc) is 2.95. The third-order valence-corrected chi connectivity index (χ3v) is 4.44. The molecule has 7 heteroatoms. The van der Waals surface area contributed by atoms with Gasteiger partial charge in [-0.25, -0.2) is 4.39 Å². The van der Waals surface area contributed by atoms with Crippen LogP contribution in [0.4, 0.5) is 15.8 Å². The van der Waals surface area contributed by atoms with E-state index in [1.54, 1.807) is 18.0 Å². The lowest BCUT2D eigenvalue weighted by Gasteiger charge is -2.20. The van der Waals surface area contributed by atoms with Crippen molar-refractivity contribution in [3.63, 3.8) is 0 Å². The summed E-state index contributed by atoms with van der Waals surface area (Å²) in [6, 6.07) is 6.24. The molecule has 0 saturated heterocycles. The van der Waals surface area contributed by atoms with Gasteiger partial charge in [0.25, 0.3) is 11.7 Å². The molecule has 1 aromatic heterocycles. The van der Waals surface area contributed by atoms with Gasteiger partial charge in [0, 0.05) is 11.9 Å². The Bertz CT molecular complexity index is 759. The summed E-state index contributed by atoms with van der Waals surface area (Å²) >= 11 is 7.29. The van der Waals surface area contributed by atoms with Crippen LogP contribution in [0.3, 0.4) is 0 Å². The highest BCUT2D eigenvalue weighted by molar-refractivity contribution is 7.16. The van der Waals surface area contributed by atoms with Gasteiger partial charge in [-0.05, 0) is 24.3 Å². The third-order valence-electron chi connectivity index (χ3n) is 3.22. The number of amides is 1. The van der Waals surface area contributed by atoms with Crippen molar-refractivity contribution in [3.8, 4) is 0 Å². The molecule has 0 saturated carbocycles. The molecule has 0 unspecified atom stereocenters. The van der Waals surface area contributed by atoms with Gasteiger partial charge in [0.1, 0.15) is 5.82 Å². The monoisotopic (exact) mass is 324 g/mol.